The highest BCUT2D eigenvalue weighted by molar-refractivity contribution is 5.84. The molecule has 1 fully saturated rings. The molecule has 1 unspecified atom stereocenters. The maximum atomic E-state index is 12.3. The van der Waals surface area contributed by atoms with Crippen molar-refractivity contribution >= 4 is 11.9 Å². The Labute approximate surface area is 154 Å². The van der Waals surface area contributed by atoms with Gasteiger partial charge in [0, 0.05) is 13.1 Å². The number of carbonyl (C=O) groups is 2. The summed E-state index contributed by atoms with van der Waals surface area (Å²) in [5.41, 5.74) is 2.19. The van der Waals surface area contributed by atoms with Crippen LogP contribution in [-0.2, 0) is 11.2 Å². The van der Waals surface area contributed by atoms with Crippen LogP contribution >= 0.6 is 0 Å². The lowest BCUT2D eigenvalue weighted by Crippen LogP contribution is -2.44. The number of nitrogens with one attached hydrogen (secondary N) is 2. The molecule has 1 saturated heterocycles. The molecule has 5 nitrogen and oxygen atoms in total. The molecule has 1 atom stereocenters. The Balaban J connectivity index is 1.59. The van der Waals surface area contributed by atoms with E-state index in [1.807, 2.05) is 60.7 Å². The molecule has 2 aromatic rings. The summed E-state index contributed by atoms with van der Waals surface area (Å²) in [6.07, 6.45) is 2.79. The van der Waals surface area contributed by atoms with Gasteiger partial charge >= 0.3 is 6.03 Å². The van der Waals surface area contributed by atoms with Crippen molar-refractivity contribution in [3.8, 4) is 0 Å². The van der Waals surface area contributed by atoms with E-state index in [1.54, 1.807) is 4.90 Å². The van der Waals surface area contributed by atoms with Crippen molar-refractivity contribution in [3.05, 3.63) is 71.8 Å². The molecule has 26 heavy (non-hydrogen) atoms. The zero-order valence-corrected chi connectivity index (χ0v) is 14.9. The Morgan fingerprint density at radius 2 is 1.54 bits per heavy atom. The van der Waals surface area contributed by atoms with Gasteiger partial charge in [0.25, 0.3) is 0 Å². The Morgan fingerprint density at radius 1 is 0.923 bits per heavy atom. The second kappa shape index (κ2) is 9.04. The van der Waals surface area contributed by atoms with Gasteiger partial charge in [0.05, 0.1) is 12.6 Å². The summed E-state index contributed by atoms with van der Waals surface area (Å²) >= 11 is 0. The molecule has 0 aliphatic carbocycles. The van der Waals surface area contributed by atoms with Gasteiger partial charge in [-0.15, -0.1) is 0 Å². The summed E-state index contributed by atoms with van der Waals surface area (Å²) in [6.45, 7) is 1.63. The Kier molecular flexibility index (Phi) is 6.25. The number of nitrogens with zero attached hydrogens (tertiary/aromatic N) is 1. The molecule has 5 heteroatoms. The summed E-state index contributed by atoms with van der Waals surface area (Å²) in [5, 5.41) is 5.71. The van der Waals surface area contributed by atoms with Crippen LogP contribution in [0.3, 0.4) is 0 Å². The topological polar surface area (TPSA) is 61.4 Å². The van der Waals surface area contributed by atoms with Crippen molar-refractivity contribution in [3.63, 3.8) is 0 Å². The summed E-state index contributed by atoms with van der Waals surface area (Å²) in [4.78, 5) is 26.2. The number of benzene rings is 2. The third-order valence-electron chi connectivity index (χ3n) is 4.65. The predicted octanol–water partition coefficient (Wildman–Crippen LogP) is 2.89. The molecule has 0 saturated carbocycles. The molecular formula is C21H25N3O2. The van der Waals surface area contributed by atoms with Crippen LogP contribution in [0.5, 0.6) is 0 Å². The van der Waals surface area contributed by atoms with Crippen molar-refractivity contribution < 1.29 is 9.59 Å². The first kappa shape index (κ1) is 18.0. The highest BCUT2D eigenvalue weighted by Gasteiger charge is 2.19. The van der Waals surface area contributed by atoms with Gasteiger partial charge in [-0.05, 0) is 30.4 Å². The molecule has 0 bridgehead atoms. The number of likely N-dealkylation sites (tertiary alicyclic amines) is 1. The van der Waals surface area contributed by atoms with Crippen LogP contribution in [-0.4, -0.2) is 36.5 Å². The van der Waals surface area contributed by atoms with Gasteiger partial charge in [0.1, 0.15) is 0 Å². The molecule has 2 N–H and O–H groups in total. The van der Waals surface area contributed by atoms with Crippen LogP contribution in [0.25, 0.3) is 0 Å². The Hall–Kier alpha value is -2.82. The fourth-order valence-corrected chi connectivity index (χ4v) is 3.23. The zero-order chi connectivity index (χ0) is 18.2. The molecule has 1 aliphatic rings. The van der Waals surface area contributed by atoms with Gasteiger partial charge < -0.3 is 15.5 Å². The highest BCUT2D eigenvalue weighted by atomic mass is 16.2. The van der Waals surface area contributed by atoms with E-state index < -0.39 is 0 Å². The number of carbonyl (C=O) groups excluding carboxylic acids is 2. The molecular weight excluding hydrogens is 326 g/mol. The quantitative estimate of drug-likeness (QED) is 0.841. The van der Waals surface area contributed by atoms with Gasteiger partial charge in [-0.25, -0.2) is 4.79 Å². The lowest BCUT2D eigenvalue weighted by molar-refractivity contribution is -0.128. The van der Waals surface area contributed by atoms with Crippen LogP contribution in [0.1, 0.15) is 30.0 Å². The molecule has 0 spiro atoms. The largest absolute Gasteiger partial charge is 0.341 e. The molecule has 1 aliphatic heterocycles. The second-order valence-electron chi connectivity index (χ2n) is 6.57. The van der Waals surface area contributed by atoms with Gasteiger partial charge in [-0.1, -0.05) is 60.7 Å². The minimum absolute atomic E-state index is 0.0167. The Bertz CT molecular complexity index is 713. The van der Waals surface area contributed by atoms with E-state index in [0.717, 1.165) is 37.1 Å². The van der Waals surface area contributed by atoms with Crippen LogP contribution < -0.4 is 10.6 Å². The van der Waals surface area contributed by atoms with Crippen LogP contribution in [0.4, 0.5) is 4.79 Å². The van der Waals surface area contributed by atoms with Crippen LogP contribution in [0.15, 0.2) is 60.7 Å². The number of hydrogen-bond donors (Lipinski definition) is 2. The van der Waals surface area contributed by atoms with Crippen LogP contribution in [0.2, 0.25) is 0 Å². The monoisotopic (exact) mass is 351 g/mol. The highest BCUT2D eigenvalue weighted by Crippen LogP contribution is 2.18. The van der Waals surface area contributed by atoms with Gasteiger partial charge in [-0.2, -0.15) is 0 Å². The summed E-state index contributed by atoms with van der Waals surface area (Å²) in [7, 11) is 0. The van der Waals surface area contributed by atoms with Crippen molar-refractivity contribution in [1.82, 2.24) is 15.5 Å². The SMILES string of the molecule is O=C(NCC(=O)N1CCCC1)NC(Cc1ccccc1)c1ccccc1. The Morgan fingerprint density at radius 3 is 2.19 bits per heavy atom. The van der Waals surface area contributed by atoms with Gasteiger partial charge in [-0.3, -0.25) is 4.79 Å². The third-order valence-corrected chi connectivity index (χ3v) is 4.65. The third kappa shape index (κ3) is 5.09. The predicted molar refractivity (Wildman–Crippen MR) is 102 cm³/mol. The van der Waals surface area contributed by atoms with Crippen molar-refractivity contribution in [2.75, 3.05) is 19.6 Å². The van der Waals surface area contributed by atoms with Gasteiger partial charge in [0.2, 0.25) is 5.91 Å². The average Bonchev–Trinajstić information content (AvgIpc) is 3.22. The van der Waals surface area contributed by atoms with E-state index in [2.05, 4.69) is 10.6 Å². The molecule has 2 aromatic carbocycles. The molecule has 1 heterocycles. The minimum Gasteiger partial charge on any atom is -0.341 e. The molecule has 3 rings (SSSR count). The molecule has 136 valence electrons. The molecule has 3 amide bonds. The standard InChI is InChI=1S/C21H25N3O2/c25-20(24-13-7-8-14-24)16-22-21(26)23-19(18-11-5-2-6-12-18)15-17-9-3-1-4-10-17/h1-6,9-12,19H,7-8,13-16H2,(H2,22,23,26). The number of rotatable bonds is 6. The van der Waals surface area contributed by atoms with Gasteiger partial charge in [0.15, 0.2) is 0 Å². The van der Waals surface area contributed by atoms with E-state index in [0.29, 0.717) is 6.42 Å². The lowest BCUT2D eigenvalue weighted by Gasteiger charge is -2.21. The van der Waals surface area contributed by atoms with E-state index in [4.69, 9.17) is 0 Å². The fraction of sp³-hybridized carbons (Fsp3) is 0.333. The summed E-state index contributed by atoms with van der Waals surface area (Å²) in [5.74, 6) is -0.0167. The normalized spacial score (nSPS) is 14.7. The molecule has 0 aromatic heterocycles. The number of amides is 3. The van der Waals surface area contributed by atoms with E-state index in [-0.39, 0.29) is 24.5 Å². The first-order valence-corrected chi connectivity index (χ1v) is 9.13. The fourth-order valence-electron chi connectivity index (χ4n) is 3.23. The maximum absolute atomic E-state index is 12.3. The minimum atomic E-state index is -0.317. The maximum Gasteiger partial charge on any atom is 0.315 e. The van der Waals surface area contributed by atoms with Crippen molar-refractivity contribution in [2.45, 2.75) is 25.3 Å². The second-order valence-corrected chi connectivity index (χ2v) is 6.57. The van der Waals surface area contributed by atoms with Crippen LogP contribution in [0, 0.1) is 0 Å². The van der Waals surface area contributed by atoms with E-state index in [9.17, 15) is 9.59 Å². The first-order chi connectivity index (χ1) is 12.7. The lowest BCUT2D eigenvalue weighted by atomic mass is 9.99. The number of hydrogen-bond acceptors (Lipinski definition) is 2. The van der Waals surface area contributed by atoms with E-state index >= 15 is 0 Å². The van der Waals surface area contributed by atoms with Crippen molar-refractivity contribution in [2.24, 2.45) is 0 Å². The zero-order valence-electron chi connectivity index (χ0n) is 14.9. The summed E-state index contributed by atoms with van der Waals surface area (Å²) in [6, 6.07) is 19.5. The number of urea groups is 1. The first-order valence-electron chi connectivity index (χ1n) is 9.13. The van der Waals surface area contributed by atoms with Crippen molar-refractivity contribution in [1.29, 1.82) is 0 Å². The summed E-state index contributed by atoms with van der Waals surface area (Å²) < 4.78 is 0. The molecule has 0 radical (unpaired) electrons. The van der Waals surface area contributed by atoms with E-state index in [1.165, 1.54) is 0 Å². The smallest absolute Gasteiger partial charge is 0.315 e. The average molecular weight is 351 g/mol.